The van der Waals surface area contributed by atoms with Crippen molar-refractivity contribution in [3.05, 3.63) is 101 Å². The van der Waals surface area contributed by atoms with Gasteiger partial charge in [-0.25, -0.2) is 17.2 Å². The number of carbonyl (C=O) groups is 1. The Morgan fingerprint density at radius 2 is 1.79 bits per heavy atom. The topological polar surface area (TPSA) is 76.1 Å². The van der Waals surface area contributed by atoms with Crippen LogP contribution in [0.15, 0.2) is 82.9 Å². The number of pyridine rings is 1. The molecular weight excluding hydrogens is 398 g/mol. The molecule has 0 saturated carbocycles. The smallest absolute Gasteiger partial charge is 0.263 e. The van der Waals surface area contributed by atoms with E-state index in [0.29, 0.717) is 11.6 Å². The lowest BCUT2D eigenvalue weighted by Crippen LogP contribution is -2.28. The van der Waals surface area contributed by atoms with Crippen LogP contribution in [0.4, 0.5) is 8.78 Å². The van der Waals surface area contributed by atoms with Crippen LogP contribution in [0.5, 0.6) is 0 Å². The SMILES string of the molecule is O=C(NCc1cccnc1)/C(=C/c1ccc(F)cc1F)S(=O)(=O)c1ccccc1. The van der Waals surface area contributed by atoms with E-state index in [2.05, 4.69) is 10.3 Å². The molecule has 0 atom stereocenters. The third-order valence-electron chi connectivity index (χ3n) is 3.99. The molecule has 1 aromatic heterocycles. The maximum absolute atomic E-state index is 14.1. The molecule has 0 saturated heterocycles. The average molecular weight is 414 g/mol. The van der Waals surface area contributed by atoms with E-state index >= 15 is 0 Å². The zero-order chi connectivity index (χ0) is 20.9. The number of sulfone groups is 1. The molecule has 0 aliphatic rings. The normalized spacial score (nSPS) is 11.9. The van der Waals surface area contributed by atoms with E-state index in [1.54, 1.807) is 24.4 Å². The Morgan fingerprint density at radius 1 is 1.03 bits per heavy atom. The molecule has 0 radical (unpaired) electrons. The number of nitrogens with one attached hydrogen (secondary N) is 1. The molecule has 8 heteroatoms. The van der Waals surface area contributed by atoms with Gasteiger partial charge >= 0.3 is 0 Å². The fourth-order valence-electron chi connectivity index (χ4n) is 2.52. The first kappa shape index (κ1) is 20.3. The van der Waals surface area contributed by atoms with Gasteiger partial charge < -0.3 is 5.32 Å². The number of hydrogen-bond donors (Lipinski definition) is 1. The minimum Gasteiger partial charge on any atom is -0.347 e. The third-order valence-corrected chi connectivity index (χ3v) is 5.77. The van der Waals surface area contributed by atoms with Crippen LogP contribution in [0.2, 0.25) is 0 Å². The van der Waals surface area contributed by atoms with Gasteiger partial charge in [0.15, 0.2) is 0 Å². The number of benzene rings is 2. The van der Waals surface area contributed by atoms with Crippen LogP contribution in [0.25, 0.3) is 6.08 Å². The summed E-state index contributed by atoms with van der Waals surface area (Å²) in [5.41, 5.74) is 0.433. The van der Waals surface area contributed by atoms with Gasteiger partial charge in [0.1, 0.15) is 16.5 Å². The Balaban J connectivity index is 2.01. The predicted octanol–water partition coefficient (Wildman–Crippen LogP) is 3.49. The summed E-state index contributed by atoms with van der Waals surface area (Å²) in [5.74, 6) is -2.71. The fraction of sp³-hybridized carbons (Fsp3) is 0.0476. The van der Waals surface area contributed by atoms with Crippen LogP contribution in [0, 0.1) is 11.6 Å². The molecule has 0 fully saturated rings. The Labute approximate surface area is 166 Å². The van der Waals surface area contributed by atoms with E-state index in [0.717, 1.165) is 18.2 Å². The predicted molar refractivity (Wildman–Crippen MR) is 104 cm³/mol. The Kier molecular flexibility index (Phi) is 6.13. The van der Waals surface area contributed by atoms with E-state index < -0.39 is 32.3 Å². The van der Waals surface area contributed by atoms with Gasteiger partial charge in [-0.1, -0.05) is 24.3 Å². The Hall–Kier alpha value is -3.39. The molecule has 0 spiro atoms. The van der Waals surface area contributed by atoms with Crippen molar-refractivity contribution in [2.75, 3.05) is 0 Å². The molecule has 0 aliphatic carbocycles. The molecule has 5 nitrogen and oxygen atoms in total. The van der Waals surface area contributed by atoms with Crippen LogP contribution in [0.1, 0.15) is 11.1 Å². The quantitative estimate of drug-likeness (QED) is 0.627. The van der Waals surface area contributed by atoms with E-state index in [1.807, 2.05) is 0 Å². The Morgan fingerprint density at radius 3 is 2.45 bits per heavy atom. The largest absolute Gasteiger partial charge is 0.347 e. The molecule has 3 aromatic rings. The van der Waals surface area contributed by atoms with Gasteiger partial charge in [-0.2, -0.15) is 0 Å². The van der Waals surface area contributed by atoms with Crippen molar-refractivity contribution in [1.82, 2.24) is 10.3 Å². The van der Waals surface area contributed by atoms with Gasteiger partial charge in [0, 0.05) is 30.6 Å². The van der Waals surface area contributed by atoms with Crippen molar-refractivity contribution >= 4 is 21.8 Å². The van der Waals surface area contributed by atoms with E-state index in [9.17, 15) is 22.0 Å². The zero-order valence-corrected chi connectivity index (χ0v) is 15.9. The summed E-state index contributed by atoms with van der Waals surface area (Å²) in [6.45, 7) is 0.0280. The summed E-state index contributed by atoms with van der Waals surface area (Å²) in [6.07, 6.45) is 3.98. The van der Waals surface area contributed by atoms with Gasteiger partial charge in [-0.3, -0.25) is 9.78 Å². The first-order chi connectivity index (χ1) is 13.9. The second-order valence-corrected chi connectivity index (χ2v) is 7.95. The van der Waals surface area contributed by atoms with Gasteiger partial charge in [0.2, 0.25) is 9.84 Å². The third kappa shape index (κ3) is 4.91. The van der Waals surface area contributed by atoms with Crippen LogP contribution in [0.3, 0.4) is 0 Å². The molecule has 0 unspecified atom stereocenters. The maximum Gasteiger partial charge on any atom is 0.263 e. The number of hydrogen-bond acceptors (Lipinski definition) is 4. The number of amides is 1. The average Bonchev–Trinajstić information content (AvgIpc) is 2.72. The second-order valence-electron chi connectivity index (χ2n) is 6.03. The summed E-state index contributed by atoms with van der Waals surface area (Å²) in [4.78, 5) is 15.9. The highest BCUT2D eigenvalue weighted by Gasteiger charge is 2.27. The van der Waals surface area contributed by atoms with Crippen molar-refractivity contribution in [3.63, 3.8) is 0 Å². The lowest BCUT2D eigenvalue weighted by Gasteiger charge is -2.11. The minimum absolute atomic E-state index is 0.0280. The maximum atomic E-state index is 14.1. The number of aromatic nitrogens is 1. The van der Waals surface area contributed by atoms with E-state index in [1.165, 1.54) is 30.5 Å². The lowest BCUT2D eigenvalue weighted by atomic mass is 10.2. The zero-order valence-electron chi connectivity index (χ0n) is 15.0. The van der Waals surface area contributed by atoms with E-state index in [-0.39, 0.29) is 17.0 Å². The van der Waals surface area contributed by atoms with Crippen molar-refractivity contribution in [1.29, 1.82) is 0 Å². The summed E-state index contributed by atoms with van der Waals surface area (Å²) in [6, 6.07) is 13.4. The molecule has 3 rings (SSSR count). The van der Waals surface area contributed by atoms with Crippen LogP contribution in [-0.4, -0.2) is 19.3 Å². The molecule has 0 bridgehead atoms. The lowest BCUT2D eigenvalue weighted by molar-refractivity contribution is -0.116. The first-order valence-electron chi connectivity index (χ1n) is 8.52. The molecule has 148 valence electrons. The summed E-state index contributed by atoms with van der Waals surface area (Å²) in [5, 5.41) is 2.50. The number of rotatable bonds is 6. The summed E-state index contributed by atoms with van der Waals surface area (Å²) < 4.78 is 53.3. The summed E-state index contributed by atoms with van der Waals surface area (Å²) >= 11 is 0. The van der Waals surface area contributed by atoms with Crippen molar-refractivity contribution in [3.8, 4) is 0 Å². The fourth-order valence-corrected chi connectivity index (χ4v) is 3.89. The van der Waals surface area contributed by atoms with Crippen LogP contribution in [-0.2, 0) is 21.2 Å². The minimum atomic E-state index is -4.26. The molecule has 1 N–H and O–H groups in total. The highest BCUT2D eigenvalue weighted by atomic mass is 32.2. The monoisotopic (exact) mass is 414 g/mol. The molecule has 2 aromatic carbocycles. The van der Waals surface area contributed by atoms with Gasteiger partial charge in [0.05, 0.1) is 4.90 Å². The highest BCUT2D eigenvalue weighted by molar-refractivity contribution is 7.96. The highest BCUT2D eigenvalue weighted by Crippen LogP contribution is 2.23. The van der Waals surface area contributed by atoms with Crippen molar-refractivity contribution in [2.45, 2.75) is 11.4 Å². The molecule has 1 heterocycles. The van der Waals surface area contributed by atoms with Crippen molar-refractivity contribution in [2.24, 2.45) is 0 Å². The van der Waals surface area contributed by atoms with Gasteiger partial charge in [0.25, 0.3) is 5.91 Å². The van der Waals surface area contributed by atoms with E-state index in [4.69, 9.17) is 0 Å². The number of carbonyl (C=O) groups excluding carboxylic acids is 1. The van der Waals surface area contributed by atoms with Gasteiger partial charge in [-0.05, 0) is 42.0 Å². The van der Waals surface area contributed by atoms with Crippen LogP contribution < -0.4 is 5.32 Å². The van der Waals surface area contributed by atoms with Crippen molar-refractivity contribution < 1.29 is 22.0 Å². The Bertz CT molecular complexity index is 1150. The second kappa shape index (κ2) is 8.74. The van der Waals surface area contributed by atoms with Crippen LogP contribution >= 0.6 is 0 Å². The molecule has 0 aliphatic heterocycles. The molecular formula is C21H16F2N2O3S. The number of halogens is 2. The standard InChI is InChI=1S/C21H16F2N2O3S/c22-17-9-8-16(19(23)12-17)11-20(29(27,28)18-6-2-1-3-7-18)21(26)25-14-15-5-4-10-24-13-15/h1-13H,14H2,(H,25,26)/b20-11-. The molecule has 1 amide bonds. The molecule has 29 heavy (non-hydrogen) atoms. The first-order valence-corrected chi connectivity index (χ1v) is 10.0. The number of nitrogens with zero attached hydrogens (tertiary/aromatic N) is 1. The summed E-state index contributed by atoms with van der Waals surface area (Å²) in [7, 11) is -4.26. The van der Waals surface area contributed by atoms with Gasteiger partial charge in [-0.15, -0.1) is 0 Å².